The van der Waals surface area contributed by atoms with Crippen LogP contribution >= 0.6 is 11.3 Å². The van der Waals surface area contributed by atoms with Gasteiger partial charge in [0.15, 0.2) is 0 Å². The second-order valence-electron chi connectivity index (χ2n) is 7.22. The number of fused-ring (bicyclic) bond motifs is 1. The van der Waals surface area contributed by atoms with Crippen molar-refractivity contribution in [1.29, 1.82) is 0 Å². The number of thiophene rings is 1. The first-order chi connectivity index (χ1) is 14.3. The number of carbonyl (C=O) groups is 1. The van der Waals surface area contributed by atoms with Gasteiger partial charge >= 0.3 is 6.18 Å². The van der Waals surface area contributed by atoms with Gasteiger partial charge < -0.3 is 4.90 Å². The van der Waals surface area contributed by atoms with Gasteiger partial charge in [-0.05, 0) is 41.8 Å². The predicted molar refractivity (Wildman–Crippen MR) is 111 cm³/mol. The Kier molecular flexibility index (Phi) is 5.24. The molecule has 154 valence electrons. The van der Waals surface area contributed by atoms with Crippen LogP contribution in [0.15, 0.2) is 61.4 Å². The molecule has 0 aliphatic carbocycles. The molecule has 3 nitrogen and oxygen atoms in total. The fourth-order valence-electron chi connectivity index (χ4n) is 4.02. The maximum absolute atomic E-state index is 13.7. The van der Waals surface area contributed by atoms with Gasteiger partial charge in [0.25, 0.3) is 0 Å². The smallest absolute Gasteiger partial charge is 0.333 e. The number of carbonyl (C=O) groups excluding carboxylic acids is 1. The Bertz CT molecular complexity index is 1120. The van der Waals surface area contributed by atoms with Crippen LogP contribution in [0.25, 0.3) is 11.1 Å². The molecule has 3 heterocycles. The fourth-order valence-corrected chi connectivity index (χ4v) is 5.14. The lowest BCUT2D eigenvalue weighted by atomic mass is 9.83. The van der Waals surface area contributed by atoms with E-state index in [0.717, 1.165) is 33.1 Å². The second-order valence-corrected chi connectivity index (χ2v) is 8.56. The summed E-state index contributed by atoms with van der Waals surface area (Å²) in [6.07, 6.45) is -0.804. The van der Waals surface area contributed by atoms with Crippen LogP contribution in [-0.2, 0) is 17.5 Å². The van der Waals surface area contributed by atoms with Gasteiger partial charge in [-0.1, -0.05) is 30.8 Å². The number of halogens is 3. The zero-order valence-electron chi connectivity index (χ0n) is 16.2. The molecule has 1 aliphatic heterocycles. The number of aryl methyl sites for hydroxylation is 1. The molecule has 1 aliphatic rings. The van der Waals surface area contributed by atoms with Crippen molar-refractivity contribution in [1.82, 2.24) is 9.88 Å². The molecule has 1 amide bonds. The molecule has 0 fully saturated rings. The minimum Gasteiger partial charge on any atom is -0.333 e. The normalized spacial score (nSPS) is 16.3. The van der Waals surface area contributed by atoms with E-state index < -0.39 is 11.7 Å². The Morgan fingerprint density at radius 1 is 1.23 bits per heavy atom. The molecular weight excluding hydrogens is 409 g/mol. The number of aromatic nitrogens is 1. The summed E-state index contributed by atoms with van der Waals surface area (Å²) in [6, 6.07) is 10.1. The van der Waals surface area contributed by atoms with Crippen molar-refractivity contribution in [3.63, 3.8) is 0 Å². The fraction of sp³-hybridized carbons (Fsp3) is 0.217. The third-order valence-electron chi connectivity index (χ3n) is 5.32. The molecule has 0 radical (unpaired) electrons. The van der Waals surface area contributed by atoms with Crippen LogP contribution < -0.4 is 0 Å². The van der Waals surface area contributed by atoms with E-state index in [4.69, 9.17) is 0 Å². The standard InChI is InChI=1S/C23H19F3N2OS/c1-3-22(29)28-12-19(17-10-14(2)30-21(17)13-28)16-7-5-4-6-15(16)18-11-27-9-8-20(18)23(24,25)26/h3-11,19H,1,12-13H2,2H3/t19-/m1/s1. The van der Waals surface area contributed by atoms with E-state index in [1.807, 2.05) is 19.1 Å². The molecule has 7 heteroatoms. The first kappa shape index (κ1) is 20.3. The van der Waals surface area contributed by atoms with Crippen molar-refractivity contribution in [2.75, 3.05) is 6.54 Å². The minimum atomic E-state index is -4.49. The highest BCUT2D eigenvalue weighted by molar-refractivity contribution is 7.12. The molecule has 4 rings (SSSR count). The zero-order chi connectivity index (χ0) is 21.5. The molecule has 0 unspecified atom stereocenters. The highest BCUT2D eigenvalue weighted by Crippen LogP contribution is 2.44. The Hall–Kier alpha value is -2.93. The largest absolute Gasteiger partial charge is 0.417 e. The predicted octanol–water partition coefficient (Wildman–Crippen LogP) is 5.80. The van der Waals surface area contributed by atoms with Crippen molar-refractivity contribution < 1.29 is 18.0 Å². The third-order valence-corrected chi connectivity index (χ3v) is 6.37. The molecule has 0 N–H and O–H groups in total. The molecule has 2 aromatic heterocycles. The van der Waals surface area contributed by atoms with Crippen LogP contribution in [0.4, 0.5) is 13.2 Å². The van der Waals surface area contributed by atoms with E-state index >= 15 is 0 Å². The number of rotatable bonds is 3. The zero-order valence-corrected chi connectivity index (χ0v) is 17.1. The summed E-state index contributed by atoms with van der Waals surface area (Å²) in [4.78, 5) is 20.2. The third kappa shape index (κ3) is 3.65. The first-order valence-electron chi connectivity index (χ1n) is 9.40. The van der Waals surface area contributed by atoms with Crippen molar-refractivity contribution in [2.24, 2.45) is 0 Å². The molecule has 30 heavy (non-hydrogen) atoms. The van der Waals surface area contributed by atoms with Crippen LogP contribution in [0, 0.1) is 6.92 Å². The molecule has 0 saturated heterocycles. The highest BCUT2D eigenvalue weighted by Gasteiger charge is 2.36. The lowest BCUT2D eigenvalue weighted by Crippen LogP contribution is -2.37. The van der Waals surface area contributed by atoms with Gasteiger partial charge in [-0.15, -0.1) is 11.3 Å². The summed E-state index contributed by atoms with van der Waals surface area (Å²) >= 11 is 1.61. The molecule has 0 saturated carbocycles. The van der Waals surface area contributed by atoms with Crippen LogP contribution in [0.2, 0.25) is 0 Å². The van der Waals surface area contributed by atoms with Crippen molar-refractivity contribution in [2.45, 2.75) is 25.6 Å². The lowest BCUT2D eigenvalue weighted by Gasteiger charge is -2.33. The highest BCUT2D eigenvalue weighted by atomic mass is 32.1. The monoisotopic (exact) mass is 428 g/mol. The molecule has 0 bridgehead atoms. The average Bonchev–Trinajstić information content (AvgIpc) is 3.12. The Morgan fingerprint density at radius 2 is 2.00 bits per heavy atom. The van der Waals surface area contributed by atoms with Crippen LogP contribution in [-0.4, -0.2) is 22.3 Å². The summed E-state index contributed by atoms with van der Waals surface area (Å²) in [6.45, 7) is 6.44. The van der Waals surface area contributed by atoms with Gasteiger partial charge in [-0.3, -0.25) is 9.78 Å². The van der Waals surface area contributed by atoms with E-state index in [2.05, 4.69) is 17.6 Å². The van der Waals surface area contributed by atoms with Gasteiger partial charge in [0.2, 0.25) is 5.91 Å². The summed E-state index contributed by atoms with van der Waals surface area (Å²) in [5.41, 5.74) is 1.61. The Labute approximate surface area is 176 Å². The molecule has 1 atom stereocenters. The quantitative estimate of drug-likeness (QED) is 0.494. The summed E-state index contributed by atoms with van der Waals surface area (Å²) < 4.78 is 41.0. The molecular formula is C23H19F3N2OS. The van der Waals surface area contributed by atoms with Gasteiger partial charge in [-0.25, -0.2) is 0 Å². The number of benzene rings is 1. The van der Waals surface area contributed by atoms with Gasteiger partial charge in [0, 0.05) is 40.2 Å². The Morgan fingerprint density at radius 3 is 2.73 bits per heavy atom. The number of hydrogen-bond acceptors (Lipinski definition) is 3. The van der Waals surface area contributed by atoms with Crippen molar-refractivity contribution >= 4 is 17.2 Å². The average molecular weight is 428 g/mol. The number of amides is 1. The summed E-state index contributed by atoms with van der Waals surface area (Å²) in [5, 5.41) is 0. The van der Waals surface area contributed by atoms with Gasteiger partial charge in [0.1, 0.15) is 0 Å². The van der Waals surface area contributed by atoms with Crippen molar-refractivity contribution in [3.8, 4) is 11.1 Å². The number of alkyl halides is 3. The van der Waals surface area contributed by atoms with Crippen LogP contribution in [0.5, 0.6) is 0 Å². The van der Waals surface area contributed by atoms with E-state index in [-0.39, 0.29) is 17.4 Å². The van der Waals surface area contributed by atoms with E-state index in [0.29, 0.717) is 18.7 Å². The molecule has 1 aromatic carbocycles. The minimum absolute atomic E-state index is 0.0428. The number of nitrogens with zero attached hydrogens (tertiary/aromatic N) is 2. The van der Waals surface area contributed by atoms with Crippen molar-refractivity contribution in [3.05, 3.63) is 87.9 Å². The van der Waals surface area contributed by atoms with Crippen LogP contribution in [0.1, 0.15) is 32.4 Å². The molecule has 3 aromatic rings. The summed E-state index contributed by atoms with van der Waals surface area (Å²) in [5.74, 6) is -0.424. The molecule has 0 spiro atoms. The topological polar surface area (TPSA) is 33.2 Å². The van der Waals surface area contributed by atoms with Gasteiger partial charge in [0.05, 0.1) is 12.1 Å². The lowest BCUT2D eigenvalue weighted by molar-refractivity contribution is -0.137. The van der Waals surface area contributed by atoms with E-state index in [1.54, 1.807) is 28.4 Å². The first-order valence-corrected chi connectivity index (χ1v) is 10.2. The summed E-state index contributed by atoms with van der Waals surface area (Å²) in [7, 11) is 0. The number of pyridine rings is 1. The van der Waals surface area contributed by atoms with E-state index in [1.165, 1.54) is 12.3 Å². The SMILES string of the molecule is C=CC(=O)N1Cc2sc(C)cc2[C@@H](c2ccccc2-c2cnccc2C(F)(F)F)C1. The second kappa shape index (κ2) is 7.72. The van der Waals surface area contributed by atoms with E-state index in [9.17, 15) is 18.0 Å². The van der Waals surface area contributed by atoms with Gasteiger partial charge in [-0.2, -0.15) is 13.2 Å². The maximum Gasteiger partial charge on any atom is 0.417 e. The maximum atomic E-state index is 13.7. The Balaban J connectivity index is 1.89. The van der Waals surface area contributed by atoms with Crippen LogP contribution in [0.3, 0.4) is 0 Å². The number of hydrogen-bond donors (Lipinski definition) is 0.